The maximum Gasteiger partial charge on any atom is 0.164 e. The molecule has 0 atom stereocenters. The van der Waals surface area contributed by atoms with E-state index in [2.05, 4.69) is 4.98 Å². The quantitative estimate of drug-likeness (QED) is 0.733. The van der Waals surface area contributed by atoms with Gasteiger partial charge in [0.15, 0.2) is 5.78 Å². The largest absolute Gasteiger partial charge is 0.381 e. The fourth-order valence-corrected chi connectivity index (χ4v) is 1.96. The lowest BCUT2D eigenvalue weighted by molar-refractivity contribution is 0.0601. The van der Waals surface area contributed by atoms with Crippen molar-refractivity contribution in [1.82, 2.24) is 4.98 Å². The summed E-state index contributed by atoms with van der Waals surface area (Å²) in [5.41, 5.74) is 1.68. The van der Waals surface area contributed by atoms with E-state index in [0.29, 0.717) is 12.3 Å². The molecule has 3 heteroatoms. The Kier molecular flexibility index (Phi) is 3.67. The van der Waals surface area contributed by atoms with E-state index in [-0.39, 0.29) is 5.78 Å². The summed E-state index contributed by atoms with van der Waals surface area (Å²) in [5.74, 6) is 0.696. The van der Waals surface area contributed by atoms with Crippen LogP contribution in [0.25, 0.3) is 0 Å². The van der Waals surface area contributed by atoms with Crippen LogP contribution in [0.2, 0.25) is 0 Å². The van der Waals surface area contributed by atoms with Gasteiger partial charge in [0.05, 0.1) is 0 Å². The lowest BCUT2D eigenvalue weighted by atomic mass is 9.92. The van der Waals surface area contributed by atoms with Crippen molar-refractivity contribution < 1.29 is 9.53 Å². The number of hydrogen-bond donors (Lipinski definition) is 0. The van der Waals surface area contributed by atoms with Crippen LogP contribution in [-0.4, -0.2) is 24.0 Å². The normalized spacial score (nSPS) is 17.3. The Morgan fingerprint density at radius 2 is 2.19 bits per heavy atom. The summed E-state index contributed by atoms with van der Waals surface area (Å²) in [5, 5.41) is 0. The van der Waals surface area contributed by atoms with Gasteiger partial charge in [-0.05, 0) is 37.8 Å². The van der Waals surface area contributed by atoms with Crippen molar-refractivity contribution in [2.45, 2.75) is 26.2 Å². The van der Waals surface area contributed by atoms with Gasteiger partial charge >= 0.3 is 0 Å². The molecule has 0 amide bonds. The van der Waals surface area contributed by atoms with Crippen molar-refractivity contribution in [2.75, 3.05) is 13.2 Å². The highest BCUT2D eigenvalue weighted by molar-refractivity contribution is 5.95. The van der Waals surface area contributed by atoms with Crippen LogP contribution in [0.4, 0.5) is 0 Å². The summed E-state index contributed by atoms with van der Waals surface area (Å²) in [6, 6.07) is 3.75. The van der Waals surface area contributed by atoms with Crippen LogP contribution in [0.1, 0.15) is 35.3 Å². The van der Waals surface area contributed by atoms with Gasteiger partial charge in [-0.1, -0.05) is 0 Å². The van der Waals surface area contributed by atoms with Gasteiger partial charge in [0.1, 0.15) is 0 Å². The van der Waals surface area contributed by atoms with E-state index in [1.54, 1.807) is 6.20 Å². The van der Waals surface area contributed by atoms with Gasteiger partial charge in [0.25, 0.3) is 0 Å². The van der Waals surface area contributed by atoms with Gasteiger partial charge < -0.3 is 4.74 Å². The molecule has 86 valence electrons. The summed E-state index contributed by atoms with van der Waals surface area (Å²) in [6.07, 6.45) is 4.32. The average Bonchev–Trinajstić information content (AvgIpc) is 2.31. The third-order valence-electron chi connectivity index (χ3n) is 3.05. The molecule has 1 aromatic heterocycles. The lowest BCUT2D eigenvalue weighted by Crippen LogP contribution is -2.18. The number of nitrogens with zero attached hydrogens (tertiary/aromatic N) is 1. The summed E-state index contributed by atoms with van der Waals surface area (Å²) < 4.78 is 5.28. The van der Waals surface area contributed by atoms with E-state index in [4.69, 9.17) is 4.74 Å². The molecular formula is C13H17NO2. The molecule has 0 bridgehead atoms. The van der Waals surface area contributed by atoms with Gasteiger partial charge in [0, 0.05) is 37.1 Å². The first-order valence-corrected chi connectivity index (χ1v) is 5.79. The molecule has 2 heterocycles. The molecule has 3 nitrogen and oxygen atoms in total. The summed E-state index contributed by atoms with van der Waals surface area (Å²) in [4.78, 5) is 16.1. The lowest BCUT2D eigenvalue weighted by Gasteiger charge is -2.21. The van der Waals surface area contributed by atoms with Crippen LogP contribution >= 0.6 is 0 Å². The molecule has 0 N–H and O–H groups in total. The zero-order valence-electron chi connectivity index (χ0n) is 9.61. The minimum atomic E-state index is 0.208. The van der Waals surface area contributed by atoms with E-state index in [0.717, 1.165) is 37.3 Å². The van der Waals surface area contributed by atoms with Crippen LogP contribution in [0.15, 0.2) is 18.3 Å². The first-order chi connectivity index (χ1) is 7.75. The second kappa shape index (κ2) is 5.21. The van der Waals surface area contributed by atoms with Crippen molar-refractivity contribution in [3.8, 4) is 0 Å². The fourth-order valence-electron chi connectivity index (χ4n) is 1.96. The second-order valence-corrected chi connectivity index (χ2v) is 4.37. The third kappa shape index (κ3) is 2.89. The molecule has 0 unspecified atom stereocenters. The highest BCUT2D eigenvalue weighted by Crippen LogP contribution is 2.20. The van der Waals surface area contributed by atoms with Crippen LogP contribution in [0, 0.1) is 12.8 Å². The molecule has 0 radical (unpaired) electrons. The molecule has 1 aliphatic heterocycles. The van der Waals surface area contributed by atoms with Crippen molar-refractivity contribution in [3.05, 3.63) is 29.6 Å². The number of carbonyl (C=O) groups excluding carboxylic acids is 1. The minimum absolute atomic E-state index is 0.208. The highest BCUT2D eigenvalue weighted by Gasteiger charge is 2.18. The van der Waals surface area contributed by atoms with Gasteiger partial charge in [-0.15, -0.1) is 0 Å². The predicted molar refractivity (Wildman–Crippen MR) is 61.5 cm³/mol. The van der Waals surface area contributed by atoms with Crippen molar-refractivity contribution in [3.63, 3.8) is 0 Å². The molecule has 0 aliphatic carbocycles. The minimum Gasteiger partial charge on any atom is -0.381 e. The average molecular weight is 219 g/mol. The molecule has 0 aromatic carbocycles. The zero-order chi connectivity index (χ0) is 11.4. The number of pyridine rings is 1. The number of hydrogen-bond acceptors (Lipinski definition) is 3. The molecule has 1 fully saturated rings. The highest BCUT2D eigenvalue weighted by atomic mass is 16.5. The predicted octanol–water partition coefficient (Wildman–Crippen LogP) is 2.39. The Bertz CT molecular complexity index is 353. The number of aromatic nitrogens is 1. The molecular weight excluding hydrogens is 202 g/mol. The molecule has 2 rings (SSSR count). The SMILES string of the molecule is Cc1ccc(C(=O)CC2CCOCC2)cn1. The first kappa shape index (κ1) is 11.3. The standard InChI is InChI=1S/C13H17NO2/c1-10-2-3-12(9-14-10)13(15)8-11-4-6-16-7-5-11/h2-3,9,11H,4-8H2,1H3. The molecule has 0 saturated carbocycles. The smallest absolute Gasteiger partial charge is 0.164 e. The van der Waals surface area contributed by atoms with E-state index >= 15 is 0 Å². The number of carbonyl (C=O) groups is 1. The molecule has 0 spiro atoms. The van der Waals surface area contributed by atoms with Crippen LogP contribution < -0.4 is 0 Å². The van der Waals surface area contributed by atoms with Gasteiger partial charge in [-0.3, -0.25) is 9.78 Å². The monoisotopic (exact) mass is 219 g/mol. The summed E-state index contributed by atoms with van der Waals surface area (Å²) in [7, 11) is 0. The van der Waals surface area contributed by atoms with Crippen LogP contribution in [0.5, 0.6) is 0 Å². The maximum atomic E-state index is 11.9. The number of Topliss-reactive ketones (excluding diaryl/α,β-unsaturated/α-hetero) is 1. The van der Waals surface area contributed by atoms with E-state index in [1.807, 2.05) is 19.1 Å². The molecule has 1 aliphatic rings. The number of rotatable bonds is 3. The Hall–Kier alpha value is -1.22. The van der Waals surface area contributed by atoms with Crippen LogP contribution in [-0.2, 0) is 4.74 Å². The number of aryl methyl sites for hydroxylation is 1. The Balaban J connectivity index is 1.94. The van der Waals surface area contributed by atoms with Gasteiger partial charge in [-0.25, -0.2) is 0 Å². The van der Waals surface area contributed by atoms with Gasteiger partial charge in [-0.2, -0.15) is 0 Å². The maximum absolute atomic E-state index is 11.9. The van der Waals surface area contributed by atoms with Gasteiger partial charge in [0.2, 0.25) is 0 Å². The first-order valence-electron chi connectivity index (χ1n) is 5.79. The zero-order valence-corrected chi connectivity index (χ0v) is 9.61. The van der Waals surface area contributed by atoms with E-state index in [9.17, 15) is 4.79 Å². The Labute approximate surface area is 95.8 Å². The van der Waals surface area contributed by atoms with E-state index < -0.39 is 0 Å². The third-order valence-corrected chi connectivity index (χ3v) is 3.05. The molecule has 16 heavy (non-hydrogen) atoms. The molecule has 1 aromatic rings. The Morgan fingerprint density at radius 3 is 2.81 bits per heavy atom. The summed E-state index contributed by atoms with van der Waals surface area (Å²) >= 11 is 0. The van der Waals surface area contributed by atoms with Crippen molar-refractivity contribution in [1.29, 1.82) is 0 Å². The van der Waals surface area contributed by atoms with Crippen molar-refractivity contribution in [2.24, 2.45) is 5.92 Å². The topological polar surface area (TPSA) is 39.2 Å². The van der Waals surface area contributed by atoms with Crippen molar-refractivity contribution >= 4 is 5.78 Å². The van der Waals surface area contributed by atoms with Crippen LogP contribution in [0.3, 0.4) is 0 Å². The Morgan fingerprint density at radius 1 is 1.44 bits per heavy atom. The molecule has 1 saturated heterocycles. The number of ketones is 1. The number of ether oxygens (including phenoxy) is 1. The van der Waals surface area contributed by atoms with E-state index in [1.165, 1.54) is 0 Å². The summed E-state index contributed by atoms with van der Waals surface area (Å²) in [6.45, 7) is 3.51. The fraction of sp³-hybridized carbons (Fsp3) is 0.538. The second-order valence-electron chi connectivity index (χ2n) is 4.37.